The fourth-order valence-electron chi connectivity index (χ4n) is 4.73. The number of hydrogen-bond acceptors (Lipinski definition) is 3. The number of nitrogens with zero attached hydrogens (tertiary/aromatic N) is 1. The van der Waals surface area contributed by atoms with Crippen molar-refractivity contribution < 1.29 is 14.3 Å². The van der Waals surface area contributed by atoms with Crippen molar-refractivity contribution in [2.24, 2.45) is 0 Å². The number of piperidine rings is 1. The highest BCUT2D eigenvalue weighted by atomic mass is 16.5. The van der Waals surface area contributed by atoms with E-state index in [1.165, 1.54) is 11.1 Å². The van der Waals surface area contributed by atoms with E-state index in [-0.39, 0.29) is 18.1 Å². The van der Waals surface area contributed by atoms with Crippen LogP contribution in [0.3, 0.4) is 0 Å². The second-order valence-corrected chi connectivity index (χ2v) is 9.11. The van der Waals surface area contributed by atoms with E-state index < -0.39 is 0 Å². The Morgan fingerprint density at radius 2 is 1.67 bits per heavy atom. The molecule has 4 heteroatoms. The van der Waals surface area contributed by atoms with E-state index in [1.807, 2.05) is 36.9 Å². The molecule has 0 radical (unpaired) electrons. The lowest BCUT2D eigenvalue weighted by molar-refractivity contribution is -0.136. The molecule has 33 heavy (non-hydrogen) atoms. The van der Waals surface area contributed by atoms with Crippen LogP contribution in [0.15, 0.2) is 72.8 Å². The Balaban J connectivity index is 1.20. The minimum absolute atomic E-state index is 0.0247. The number of likely N-dealkylation sites (tertiary alicyclic amines) is 1. The Hall–Kier alpha value is -3.53. The van der Waals surface area contributed by atoms with Crippen LogP contribution in [0.2, 0.25) is 0 Å². The van der Waals surface area contributed by atoms with Gasteiger partial charge in [-0.05, 0) is 66.4 Å². The molecule has 0 aromatic heterocycles. The van der Waals surface area contributed by atoms with Crippen molar-refractivity contribution in [3.8, 4) is 22.6 Å². The van der Waals surface area contributed by atoms with Crippen molar-refractivity contribution in [1.29, 1.82) is 0 Å². The molecule has 1 saturated heterocycles. The van der Waals surface area contributed by atoms with Crippen molar-refractivity contribution >= 4 is 12.0 Å². The Morgan fingerprint density at radius 1 is 0.939 bits per heavy atom. The maximum atomic E-state index is 12.7. The van der Waals surface area contributed by atoms with Gasteiger partial charge in [0.25, 0.3) is 5.91 Å². The molecule has 2 aliphatic heterocycles. The number of benzene rings is 3. The van der Waals surface area contributed by atoms with E-state index in [1.54, 1.807) is 0 Å². The topological polar surface area (TPSA) is 38.8 Å². The van der Waals surface area contributed by atoms with Crippen molar-refractivity contribution in [1.82, 2.24) is 4.90 Å². The average molecular weight is 440 g/mol. The largest absolute Gasteiger partial charge is 0.484 e. The van der Waals surface area contributed by atoms with Gasteiger partial charge in [-0.3, -0.25) is 4.79 Å². The lowest BCUT2D eigenvalue weighted by Crippen LogP contribution is -2.50. The third kappa shape index (κ3) is 4.65. The first-order valence-corrected chi connectivity index (χ1v) is 11.6. The molecule has 2 heterocycles. The Bertz CT molecular complexity index is 1170. The Morgan fingerprint density at radius 3 is 2.39 bits per heavy atom. The summed E-state index contributed by atoms with van der Waals surface area (Å²) in [5.74, 6) is 1.69. The predicted molar refractivity (Wildman–Crippen MR) is 131 cm³/mol. The summed E-state index contributed by atoms with van der Waals surface area (Å²) in [4.78, 5) is 14.6. The SMILES string of the molecule is Cc1cc(C)cc(OCC(=O)N2CCC3(C=Cc4cc(-c5ccccc5)ccc4O3)CC2)c1. The van der Waals surface area contributed by atoms with Crippen LogP contribution in [-0.4, -0.2) is 36.1 Å². The summed E-state index contributed by atoms with van der Waals surface area (Å²) in [6.07, 6.45) is 5.90. The molecule has 5 rings (SSSR count). The van der Waals surface area contributed by atoms with Gasteiger partial charge in [0, 0.05) is 31.5 Å². The van der Waals surface area contributed by atoms with Crippen LogP contribution in [0.25, 0.3) is 17.2 Å². The van der Waals surface area contributed by atoms with Gasteiger partial charge >= 0.3 is 0 Å². The summed E-state index contributed by atoms with van der Waals surface area (Å²) in [6.45, 7) is 5.46. The molecular weight excluding hydrogens is 410 g/mol. The zero-order chi connectivity index (χ0) is 22.8. The molecule has 2 aliphatic rings. The first-order valence-electron chi connectivity index (χ1n) is 11.6. The van der Waals surface area contributed by atoms with E-state index in [9.17, 15) is 4.79 Å². The predicted octanol–water partition coefficient (Wildman–Crippen LogP) is 5.82. The highest BCUT2D eigenvalue weighted by molar-refractivity contribution is 5.78. The van der Waals surface area contributed by atoms with E-state index in [0.29, 0.717) is 13.1 Å². The van der Waals surface area contributed by atoms with Crippen LogP contribution in [-0.2, 0) is 4.79 Å². The standard InChI is InChI=1S/C29H29NO3/c1-21-16-22(2)18-26(17-21)32-20-28(31)30-14-12-29(13-15-30)11-10-25-19-24(8-9-27(25)33-29)23-6-4-3-5-7-23/h3-11,16-19H,12-15,20H2,1-2H3. The van der Waals surface area contributed by atoms with Crippen LogP contribution in [0.1, 0.15) is 29.5 Å². The molecule has 0 aliphatic carbocycles. The van der Waals surface area contributed by atoms with Gasteiger partial charge in [-0.15, -0.1) is 0 Å². The molecule has 0 atom stereocenters. The third-order valence-corrected chi connectivity index (χ3v) is 6.52. The second kappa shape index (κ2) is 8.78. The molecule has 0 saturated carbocycles. The number of hydrogen-bond donors (Lipinski definition) is 0. The molecule has 0 unspecified atom stereocenters. The maximum absolute atomic E-state index is 12.7. The van der Waals surface area contributed by atoms with Crippen LogP contribution in [0.5, 0.6) is 11.5 Å². The monoisotopic (exact) mass is 439 g/mol. The minimum atomic E-state index is -0.341. The van der Waals surface area contributed by atoms with Crippen LogP contribution >= 0.6 is 0 Å². The van der Waals surface area contributed by atoms with E-state index in [4.69, 9.17) is 9.47 Å². The van der Waals surface area contributed by atoms with Crippen molar-refractivity contribution in [2.75, 3.05) is 19.7 Å². The minimum Gasteiger partial charge on any atom is -0.484 e. The molecule has 0 bridgehead atoms. The van der Waals surface area contributed by atoms with Crippen molar-refractivity contribution in [2.45, 2.75) is 32.3 Å². The highest BCUT2D eigenvalue weighted by Gasteiger charge is 2.38. The van der Waals surface area contributed by atoms with Gasteiger partial charge < -0.3 is 14.4 Å². The molecule has 4 nitrogen and oxygen atoms in total. The van der Waals surface area contributed by atoms with E-state index in [2.05, 4.69) is 60.7 Å². The fourth-order valence-corrected chi connectivity index (χ4v) is 4.73. The van der Waals surface area contributed by atoms with E-state index >= 15 is 0 Å². The summed E-state index contributed by atoms with van der Waals surface area (Å²) < 4.78 is 12.3. The number of rotatable bonds is 4. The highest BCUT2D eigenvalue weighted by Crippen LogP contribution is 2.38. The van der Waals surface area contributed by atoms with Crippen LogP contribution < -0.4 is 9.47 Å². The average Bonchev–Trinajstić information content (AvgIpc) is 2.83. The number of ether oxygens (including phenoxy) is 2. The number of aryl methyl sites for hydroxylation is 2. The van der Waals surface area contributed by atoms with E-state index in [0.717, 1.165) is 41.0 Å². The Kier molecular flexibility index (Phi) is 5.67. The molecular formula is C29H29NO3. The summed E-state index contributed by atoms with van der Waals surface area (Å²) in [5.41, 5.74) is 5.41. The number of fused-ring (bicyclic) bond motifs is 1. The summed E-state index contributed by atoms with van der Waals surface area (Å²) in [7, 11) is 0. The molecule has 168 valence electrons. The van der Waals surface area contributed by atoms with Gasteiger partial charge in [0.05, 0.1) is 0 Å². The zero-order valence-electron chi connectivity index (χ0n) is 19.2. The Labute approximate surface area is 195 Å². The second-order valence-electron chi connectivity index (χ2n) is 9.11. The van der Waals surface area contributed by atoms with Crippen LogP contribution in [0.4, 0.5) is 0 Å². The smallest absolute Gasteiger partial charge is 0.260 e. The summed E-state index contributed by atoms with van der Waals surface area (Å²) >= 11 is 0. The van der Waals surface area contributed by atoms with Gasteiger partial charge in [0.2, 0.25) is 0 Å². The van der Waals surface area contributed by atoms with Gasteiger partial charge in [0.15, 0.2) is 6.61 Å². The zero-order valence-corrected chi connectivity index (χ0v) is 19.2. The number of amides is 1. The maximum Gasteiger partial charge on any atom is 0.260 e. The molecule has 1 amide bonds. The van der Waals surface area contributed by atoms with Crippen LogP contribution in [0, 0.1) is 13.8 Å². The van der Waals surface area contributed by atoms with Gasteiger partial charge in [-0.1, -0.05) is 48.5 Å². The first kappa shape index (κ1) is 21.3. The lowest BCUT2D eigenvalue weighted by Gasteiger charge is -2.42. The lowest BCUT2D eigenvalue weighted by atomic mass is 9.87. The summed E-state index contributed by atoms with van der Waals surface area (Å²) in [6, 6.07) is 22.8. The molecule has 0 N–H and O–H groups in total. The number of carbonyl (C=O) groups is 1. The third-order valence-electron chi connectivity index (χ3n) is 6.52. The van der Waals surface area contributed by atoms with Crippen molar-refractivity contribution in [3.63, 3.8) is 0 Å². The normalized spacial score (nSPS) is 16.2. The van der Waals surface area contributed by atoms with Gasteiger partial charge in [0.1, 0.15) is 17.1 Å². The fraction of sp³-hybridized carbons (Fsp3) is 0.276. The quantitative estimate of drug-likeness (QED) is 0.514. The molecule has 1 spiro atoms. The summed E-state index contributed by atoms with van der Waals surface area (Å²) in [5, 5.41) is 0. The van der Waals surface area contributed by atoms with Crippen molar-refractivity contribution in [3.05, 3.63) is 89.5 Å². The first-order chi connectivity index (χ1) is 16.0. The number of carbonyl (C=O) groups excluding carboxylic acids is 1. The molecule has 3 aromatic carbocycles. The van der Waals surface area contributed by atoms with Gasteiger partial charge in [-0.25, -0.2) is 0 Å². The molecule has 1 fully saturated rings. The molecule has 3 aromatic rings. The van der Waals surface area contributed by atoms with Gasteiger partial charge in [-0.2, -0.15) is 0 Å².